The topological polar surface area (TPSA) is 50.5 Å². The number of likely N-dealkylation sites (tertiary alicyclic amines) is 1. The molecule has 0 aromatic carbocycles. The summed E-state index contributed by atoms with van der Waals surface area (Å²) in [6, 6.07) is 0.813. The number of hydrogen-bond acceptors (Lipinski definition) is 4. The summed E-state index contributed by atoms with van der Waals surface area (Å²) in [4.78, 5) is 2.51. The van der Waals surface area contributed by atoms with Crippen molar-refractivity contribution < 1.29 is 9.84 Å². The van der Waals surface area contributed by atoms with Crippen LogP contribution in [0.5, 0.6) is 0 Å². The van der Waals surface area contributed by atoms with Crippen LogP contribution in [0.3, 0.4) is 0 Å². The molecule has 0 radical (unpaired) electrons. The number of ether oxygens (including phenoxy) is 1. The fraction of sp³-hybridized carbons (Fsp3) is 0.824. The Labute approximate surface area is 133 Å². The molecule has 2 aliphatic rings. The van der Waals surface area contributed by atoms with Gasteiger partial charge in [-0.1, -0.05) is 0 Å². The number of rotatable bonds is 4. The maximum Gasteiger partial charge on any atom is 0.0706 e. The van der Waals surface area contributed by atoms with E-state index >= 15 is 0 Å². The van der Waals surface area contributed by atoms with Gasteiger partial charge in [0.25, 0.3) is 0 Å². The van der Waals surface area contributed by atoms with Gasteiger partial charge in [-0.05, 0) is 46.6 Å². The molecule has 2 fully saturated rings. The van der Waals surface area contributed by atoms with E-state index in [2.05, 4.69) is 30.0 Å². The molecule has 0 aliphatic carbocycles. The Morgan fingerprint density at radius 1 is 1.50 bits per heavy atom. The molecule has 0 unspecified atom stereocenters. The molecule has 1 aromatic rings. The molecular weight excluding hydrogens is 278 g/mol. The minimum Gasteiger partial charge on any atom is -0.390 e. The number of nitrogens with zero attached hydrogens (tertiary/aromatic N) is 3. The summed E-state index contributed by atoms with van der Waals surface area (Å²) in [5.74, 6) is 0.212. The van der Waals surface area contributed by atoms with Gasteiger partial charge in [-0.25, -0.2) is 0 Å². The maximum absolute atomic E-state index is 10.7. The highest BCUT2D eigenvalue weighted by Gasteiger charge is 2.43. The van der Waals surface area contributed by atoms with E-state index < -0.39 is 5.60 Å². The Kier molecular flexibility index (Phi) is 4.57. The molecule has 3 heterocycles. The predicted molar refractivity (Wildman–Crippen MR) is 85.6 cm³/mol. The molecule has 3 atom stereocenters. The Bertz CT molecular complexity index is 498. The Hall–Kier alpha value is -0.910. The molecule has 0 amide bonds. The maximum atomic E-state index is 10.7. The molecule has 2 aliphatic heterocycles. The first kappa shape index (κ1) is 16.0. The third-order valence-electron chi connectivity index (χ3n) is 5.30. The highest BCUT2D eigenvalue weighted by molar-refractivity contribution is 5.06. The second kappa shape index (κ2) is 6.30. The van der Waals surface area contributed by atoms with Gasteiger partial charge in [0.05, 0.1) is 18.4 Å². The van der Waals surface area contributed by atoms with Gasteiger partial charge in [0.2, 0.25) is 0 Å². The van der Waals surface area contributed by atoms with Gasteiger partial charge in [-0.3, -0.25) is 9.58 Å². The van der Waals surface area contributed by atoms with Gasteiger partial charge in [0, 0.05) is 42.9 Å². The fourth-order valence-electron chi connectivity index (χ4n) is 3.86. The summed E-state index contributed by atoms with van der Waals surface area (Å²) in [7, 11) is 0. The smallest absolute Gasteiger partial charge is 0.0706 e. The summed E-state index contributed by atoms with van der Waals surface area (Å²) in [6.45, 7) is 9.65. The lowest BCUT2D eigenvalue weighted by atomic mass is 9.79. The van der Waals surface area contributed by atoms with Crippen molar-refractivity contribution in [3.05, 3.63) is 18.0 Å². The summed E-state index contributed by atoms with van der Waals surface area (Å²) in [5.41, 5.74) is 0.658. The van der Waals surface area contributed by atoms with E-state index in [9.17, 15) is 5.11 Å². The molecule has 22 heavy (non-hydrogen) atoms. The molecule has 0 spiro atoms. The van der Waals surface area contributed by atoms with Crippen LogP contribution in [-0.2, 0) is 11.3 Å². The molecule has 3 rings (SSSR count). The molecule has 5 heteroatoms. The first-order chi connectivity index (χ1) is 10.5. The van der Waals surface area contributed by atoms with Gasteiger partial charge in [-0.15, -0.1) is 0 Å². The molecule has 0 saturated carbocycles. The number of aliphatic hydroxyl groups is 1. The zero-order valence-corrected chi connectivity index (χ0v) is 14.0. The van der Waals surface area contributed by atoms with Crippen molar-refractivity contribution in [3.8, 4) is 0 Å². The third kappa shape index (κ3) is 3.21. The molecule has 0 bridgehead atoms. The van der Waals surface area contributed by atoms with Gasteiger partial charge in [0.1, 0.15) is 0 Å². The van der Waals surface area contributed by atoms with Crippen molar-refractivity contribution in [2.24, 2.45) is 5.92 Å². The van der Waals surface area contributed by atoms with Crippen molar-refractivity contribution in [3.63, 3.8) is 0 Å². The van der Waals surface area contributed by atoms with E-state index in [1.165, 1.54) is 12.0 Å². The SMILES string of the molecule is CC(C)n1cc(CN2CCC[C@@H]2[C@H]2COCC[C@@]2(C)O)cn1. The standard InChI is InChI=1S/C17H29N3O2/c1-13(2)20-11-14(9-18-20)10-19-7-4-5-16(19)15-12-22-8-6-17(15,3)21/h9,11,13,15-16,21H,4-8,10,12H2,1-3H3/t15-,16-,17-/m1/s1. The second-order valence-electron chi connectivity index (χ2n) is 7.39. The van der Waals surface area contributed by atoms with Crippen molar-refractivity contribution >= 4 is 0 Å². The summed E-state index contributed by atoms with van der Waals surface area (Å²) >= 11 is 0. The monoisotopic (exact) mass is 307 g/mol. The lowest BCUT2D eigenvalue weighted by Crippen LogP contribution is -2.52. The molecule has 1 N–H and O–H groups in total. The molecular formula is C17H29N3O2. The van der Waals surface area contributed by atoms with Crippen LogP contribution in [0.4, 0.5) is 0 Å². The molecule has 124 valence electrons. The largest absolute Gasteiger partial charge is 0.390 e. The van der Waals surface area contributed by atoms with Crippen LogP contribution in [0.2, 0.25) is 0 Å². The second-order valence-corrected chi connectivity index (χ2v) is 7.39. The van der Waals surface area contributed by atoms with Gasteiger partial charge in [-0.2, -0.15) is 5.10 Å². The molecule has 5 nitrogen and oxygen atoms in total. The van der Waals surface area contributed by atoms with Gasteiger partial charge in [0.15, 0.2) is 0 Å². The van der Waals surface area contributed by atoms with Crippen LogP contribution < -0.4 is 0 Å². The number of hydrogen-bond donors (Lipinski definition) is 1. The summed E-state index contributed by atoms with van der Waals surface area (Å²) in [6.07, 6.45) is 7.23. The highest BCUT2D eigenvalue weighted by Crippen LogP contribution is 2.36. The normalized spacial score (nSPS) is 33.7. The van der Waals surface area contributed by atoms with Crippen LogP contribution in [0.1, 0.15) is 51.6 Å². The van der Waals surface area contributed by atoms with Crippen molar-refractivity contribution in [2.75, 3.05) is 19.8 Å². The van der Waals surface area contributed by atoms with E-state index in [1.807, 2.05) is 17.8 Å². The van der Waals surface area contributed by atoms with E-state index in [-0.39, 0.29) is 5.92 Å². The van der Waals surface area contributed by atoms with Crippen molar-refractivity contribution in [1.82, 2.24) is 14.7 Å². The third-order valence-corrected chi connectivity index (χ3v) is 5.30. The average Bonchev–Trinajstić information content (AvgIpc) is 3.08. The highest BCUT2D eigenvalue weighted by atomic mass is 16.5. The summed E-state index contributed by atoms with van der Waals surface area (Å²) in [5, 5.41) is 15.2. The van der Waals surface area contributed by atoms with Crippen LogP contribution in [0.15, 0.2) is 12.4 Å². The van der Waals surface area contributed by atoms with Crippen molar-refractivity contribution in [1.29, 1.82) is 0 Å². The zero-order chi connectivity index (χ0) is 15.7. The minimum absolute atomic E-state index is 0.212. The van der Waals surface area contributed by atoms with E-state index in [1.54, 1.807) is 0 Å². The van der Waals surface area contributed by atoms with E-state index in [0.717, 1.165) is 25.9 Å². The van der Waals surface area contributed by atoms with Crippen LogP contribution in [0.25, 0.3) is 0 Å². The van der Waals surface area contributed by atoms with Crippen LogP contribution >= 0.6 is 0 Å². The van der Waals surface area contributed by atoms with Crippen LogP contribution in [-0.4, -0.2) is 51.2 Å². The Balaban J connectivity index is 1.69. The van der Waals surface area contributed by atoms with E-state index in [0.29, 0.717) is 25.3 Å². The molecule has 2 saturated heterocycles. The lowest BCUT2D eigenvalue weighted by Gasteiger charge is -2.43. The van der Waals surface area contributed by atoms with Gasteiger partial charge >= 0.3 is 0 Å². The minimum atomic E-state index is -0.604. The molecule has 1 aromatic heterocycles. The lowest BCUT2D eigenvalue weighted by molar-refractivity contribution is -0.123. The van der Waals surface area contributed by atoms with Gasteiger partial charge < -0.3 is 9.84 Å². The Morgan fingerprint density at radius 3 is 3.00 bits per heavy atom. The predicted octanol–water partition coefficient (Wildman–Crippen LogP) is 2.22. The summed E-state index contributed by atoms with van der Waals surface area (Å²) < 4.78 is 7.68. The average molecular weight is 307 g/mol. The first-order valence-electron chi connectivity index (χ1n) is 8.54. The quantitative estimate of drug-likeness (QED) is 0.926. The fourth-order valence-corrected chi connectivity index (χ4v) is 3.86. The Morgan fingerprint density at radius 2 is 2.32 bits per heavy atom. The number of aromatic nitrogens is 2. The van der Waals surface area contributed by atoms with E-state index in [4.69, 9.17) is 4.74 Å². The first-order valence-corrected chi connectivity index (χ1v) is 8.54. The van der Waals surface area contributed by atoms with Crippen LogP contribution in [0, 0.1) is 5.92 Å². The zero-order valence-electron chi connectivity index (χ0n) is 14.0. The van der Waals surface area contributed by atoms with Crippen molar-refractivity contribution in [2.45, 2.75) is 64.3 Å².